The zero-order chi connectivity index (χ0) is 7.61. The quantitative estimate of drug-likeness (QED) is 0.576. The van der Waals surface area contributed by atoms with Crippen LogP contribution in [0.4, 0.5) is 13.2 Å². The van der Waals surface area contributed by atoms with Crippen molar-refractivity contribution in [1.82, 2.24) is 10.6 Å². The van der Waals surface area contributed by atoms with Crippen LogP contribution in [-0.2, 0) is 4.74 Å². The Kier molecular flexibility index (Phi) is 1.60. The standard InChI is InChI=1S/C4H5F3N2O/c5-4(6,7)10-3-1-8-2-9-3/h1,8-9H,2H2. The number of rotatable bonds is 1. The van der Waals surface area contributed by atoms with Gasteiger partial charge in [-0.2, -0.15) is 0 Å². The molecule has 3 nitrogen and oxygen atoms in total. The molecule has 0 bridgehead atoms. The Morgan fingerprint density at radius 1 is 1.50 bits per heavy atom. The molecule has 0 unspecified atom stereocenters. The molecule has 2 N–H and O–H groups in total. The highest BCUT2D eigenvalue weighted by atomic mass is 19.4. The maximum Gasteiger partial charge on any atom is 0.574 e. The minimum Gasteiger partial charge on any atom is -0.389 e. The summed E-state index contributed by atoms with van der Waals surface area (Å²) < 4.78 is 37.6. The van der Waals surface area contributed by atoms with Crippen LogP contribution in [0.3, 0.4) is 0 Å². The minimum atomic E-state index is -4.61. The summed E-state index contributed by atoms with van der Waals surface area (Å²) >= 11 is 0. The third-order valence-corrected chi connectivity index (χ3v) is 0.824. The van der Waals surface area contributed by atoms with Crippen LogP contribution in [0, 0.1) is 0 Å². The number of nitrogens with one attached hydrogen (secondary N) is 2. The van der Waals surface area contributed by atoms with Gasteiger partial charge < -0.3 is 15.4 Å². The summed E-state index contributed by atoms with van der Waals surface area (Å²) in [6, 6.07) is 0. The molecular weight excluding hydrogens is 149 g/mol. The van der Waals surface area contributed by atoms with Gasteiger partial charge in [-0.05, 0) is 0 Å². The van der Waals surface area contributed by atoms with E-state index in [0.717, 1.165) is 6.20 Å². The van der Waals surface area contributed by atoms with Crippen molar-refractivity contribution in [2.75, 3.05) is 6.67 Å². The van der Waals surface area contributed by atoms with E-state index in [0.29, 0.717) is 0 Å². The first-order chi connectivity index (χ1) is 4.58. The van der Waals surface area contributed by atoms with Gasteiger partial charge in [-0.1, -0.05) is 0 Å². The Hall–Kier alpha value is -1.07. The fourth-order valence-corrected chi connectivity index (χ4v) is 0.523. The molecule has 1 aliphatic rings. The van der Waals surface area contributed by atoms with Crippen LogP contribution in [0.5, 0.6) is 0 Å². The van der Waals surface area contributed by atoms with E-state index in [-0.39, 0.29) is 12.6 Å². The number of alkyl halides is 3. The van der Waals surface area contributed by atoms with Gasteiger partial charge in [0.15, 0.2) is 0 Å². The molecule has 0 radical (unpaired) electrons. The van der Waals surface area contributed by atoms with Gasteiger partial charge in [0.1, 0.15) is 0 Å². The molecule has 0 spiro atoms. The molecule has 0 amide bonds. The molecule has 0 aromatic carbocycles. The highest BCUT2D eigenvalue weighted by molar-refractivity contribution is 4.94. The maximum absolute atomic E-state index is 11.4. The van der Waals surface area contributed by atoms with Crippen LogP contribution in [0.1, 0.15) is 0 Å². The van der Waals surface area contributed by atoms with Gasteiger partial charge >= 0.3 is 6.36 Å². The molecule has 0 saturated carbocycles. The summed E-state index contributed by atoms with van der Waals surface area (Å²) in [4.78, 5) is 0. The first kappa shape index (κ1) is 7.04. The van der Waals surface area contributed by atoms with Crippen LogP contribution < -0.4 is 10.6 Å². The van der Waals surface area contributed by atoms with Gasteiger partial charge in [-0.3, -0.25) is 0 Å². The summed E-state index contributed by atoms with van der Waals surface area (Å²) in [5.41, 5.74) is 0. The smallest absolute Gasteiger partial charge is 0.389 e. The Balaban J connectivity index is 2.38. The summed E-state index contributed by atoms with van der Waals surface area (Å²) in [5, 5.41) is 4.82. The van der Waals surface area contributed by atoms with Gasteiger partial charge in [0.25, 0.3) is 0 Å². The minimum absolute atomic E-state index is 0.269. The number of hydrogen-bond donors (Lipinski definition) is 2. The third kappa shape index (κ3) is 2.04. The second-order valence-electron chi connectivity index (χ2n) is 1.61. The van der Waals surface area contributed by atoms with Crippen molar-refractivity contribution in [3.05, 3.63) is 12.1 Å². The molecule has 0 atom stereocenters. The summed E-state index contributed by atoms with van der Waals surface area (Å²) in [6.45, 7) is 0.269. The van der Waals surface area contributed by atoms with E-state index in [1.165, 1.54) is 0 Å². The van der Waals surface area contributed by atoms with Gasteiger partial charge in [0.2, 0.25) is 5.88 Å². The van der Waals surface area contributed by atoms with E-state index in [1.807, 2.05) is 0 Å². The second kappa shape index (κ2) is 2.28. The molecule has 0 saturated heterocycles. The van der Waals surface area contributed by atoms with Crippen LogP contribution in [0.15, 0.2) is 12.1 Å². The van der Waals surface area contributed by atoms with Crippen LogP contribution in [0.2, 0.25) is 0 Å². The van der Waals surface area contributed by atoms with Crippen molar-refractivity contribution in [2.45, 2.75) is 6.36 Å². The number of hydrogen-bond acceptors (Lipinski definition) is 3. The Morgan fingerprint density at radius 2 is 2.20 bits per heavy atom. The number of ether oxygens (including phenoxy) is 1. The predicted octanol–water partition coefficient (Wildman–Crippen LogP) is 0.472. The SMILES string of the molecule is FC(F)(F)OC1=CNCN1. The molecule has 0 aromatic heterocycles. The average molecular weight is 154 g/mol. The van der Waals surface area contributed by atoms with Crippen molar-refractivity contribution < 1.29 is 17.9 Å². The third-order valence-electron chi connectivity index (χ3n) is 0.824. The Bertz CT molecular complexity index is 153. The highest BCUT2D eigenvalue weighted by Gasteiger charge is 2.32. The van der Waals surface area contributed by atoms with Crippen molar-refractivity contribution >= 4 is 0 Å². The predicted molar refractivity (Wildman–Crippen MR) is 26.4 cm³/mol. The second-order valence-corrected chi connectivity index (χ2v) is 1.61. The van der Waals surface area contributed by atoms with Crippen LogP contribution >= 0.6 is 0 Å². The summed E-state index contributed by atoms with van der Waals surface area (Å²) in [7, 11) is 0. The first-order valence-electron chi connectivity index (χ1n) is 2.51. The first-order valence-corrected chi connectivity index (χ1v) is 2.51. The normalized spacial score (nSPS) is 17.3. The van der Waals surface area contributed by atoms with E-state index in [1.54, 1.807) is 0 Å². The molecule has 1 rings (SSSR count). The van der Waals surface area contributed by atoms with Gasteiger partial charge in [0.05, 0.1) is 12.9 Å². The van der Waals surface area contributed by atoms with E-state index in [2.05, 4.69) is 15.4 Å². The number of halogens is 3. The van der Waals surface area contributed by atoms with Crippen molar-refractivity contribution in [2.24, 2.45) is 0 Å². The highest BCUT2D eigenvalue weighted by Crippen LogP contribution is 2.19. The molecule has 0 fully saturated rings. The lowest BCUT2D eigenvalue weighted by Crippen LogP contribution is -2.21. The van der Waals surface area contributed by atoms with E-state index in [4.69, 9.17) is 0 Å². The molecule has 6 heteroatoms. The van der Waals surface area contributed by atoms with Crippen LogP contribution in [0.25, 0.3) is 0 Å². The van der Waals surface area contributed by atoms with Gasteiger partial charge in [-0.15, -0.1) is 13.2 Å². The fraction of sp³-hybridized carbons (Fsp3) is 0.500. The molecule has 0 aliphatic carbocycles. The monoisotopic (exact) mass is 154 g/mol. The van der Waals surface area contributed by atoms with Crippen molar-refractivity contribution in [3.8, 4) is 0 Å². The molecule has 1 heterocycles. The lowest BCUT2D eigenvalue weighted by molar-refractivity contribution is -0.307. The summed E-state index contributed by atoms with van der Waals surface area (Å²) in [6.07, 6.45) is -3.49. The fourth-order valence-electron chi connectivity index (χ4n) is 0.523. The van der Waals surface area contributed by atoms with Gasteiger partial charge in [0, 0.05) is 0 Å². The lowest BCUT2D eigenvalue weighted by atomic mass is 10.8. The molecule has 1 aliphatic heterocycles. The molecule has 0 aromatic rings. The lowest BCUT2D eigenvalue weighted by Gasteiger charge is -2.08. The molecular formula is C4H5F3N2O. The van der Waals surface area contributed by atoms with Crippen molar-refractivity contribution in [3.63, 3.8) is 0 Å². The Labute approximate surface area is 54.8 Å². The van der Waals surface area contributed by atoms with E-state index in [9.17, 15) is 13.2 Å². The molecule has 58 valence electrons. The van der Waals surface area contributed by atoms with E-state index < -0.39 is 6.36 Å². The average Bonchev–Trinajstić information content (AvgIpc) is 2.12. The van der Waals surface area contributed by atoms with Crippen LogP contribution in [-0.4, -0.2) is 13.0 Å². The van der Waals surface area contributed by atoms with Gasteiger partial charge in [-0.25, -0.2) is 0 Å². The zero-order valence-electron chi connectivity index (χ0n) is 4.83. The zero-order valence-corrected chi connectivity index (χ0v) is 4.83. The topological polar surface area (TPSA) is 33.3 Å². The molecule has 10 heavy (non-hydrogen) atoms. The van der Waals surface area contributed by atoms with Crippen molar-refractivity contribution in [1.29, 1.82) is 0 Å². The summed E-state index contributed by atoms with van der Waals surface area (Å²) in [5.74, 6) is -0.299. The Morgan fingerprint density at radius 3 is 2.60 bits per heavy atom. The maximum atomic E-state index is 11.4. The van der Waals surface area contributed by atoms with E-state index >= 15 is 0 Å². The largest absolute Gasteiger partial charge is 0.574 e.